The van der Waals surface area contributed by atoms with E-state index in [1.165, 1.54) is 24.3 Å². The van der Waals surface area contributed by atoms with Crippen LogP contribution in [0.1, 0.15) is 21.1 Å². The van der Waals surface area contributed by atoms with Gasteiger partial charge in [-0.2, -0.15) is 26.3 Å². The Morgan fingerprint density at radius 3 is 1.21 bits per heavy atom. The first kappa shape index (κ1) is 26.1. The molecule has 13 heteroatoms. The summed E-state index contributed by atoms with van der Waals surface area (Å²) in [4.78, 5) is 42.4. The molecule has 29 heavy (non-hydrogen) atoms. The van der Waals surface area contributed by atoms with Crippen LogP contribution >= 0.6 is 0 Å². The molecule has 0 saturated carbocycles. The zero-order valence-corrected chi connectivity index (χ0v) is 14.6. The zero-order chi connectivity index (χ0) is 21.5. The maximum absolute atomic E-state index is 11.7. The van der Waals surface area contributed by atoms with Crippen molar-refractivity contribution in [1.29, 1.82) is 0 Å². The van der Waals surface area contributed by atoms with Crippen molar-refractivity contribution in [3.63, 3.8) is 0 Å². The minimum atomic E-state index is -5.03. The maximum atomic E-state index is 11.7. The van der Waals surface area contributed by atoms with Gasteiger partial charge >= 0.3 is 28.8 Å². The molecule has 0 aliphatic rings. The van der Waals surface area contributed by atoms with E-state index in [-0.39, 0.29) is 40.9 Å². The van der Waals surface area contributed by atoms with Gasteiger partial charge in [-0.3, -0.25) is 12.8 Å². The van der Waals surface area contributed by atoms with Crippen molar-refractivity contribution in [1.82, 2.24) is 0 Å². The van der Waals surface area contributed by atoms with Crippen LogP contribution in [0.5, 0.6) is 0 Å². The number of carbonyl (C=O) groups is 4. The number of alkyl halides is 6. The monoisotopic (exact) mass is 468 g/mol. The van der Waals surface area contributed by atoms with Crippen molar-refractivity contribution >= 4 is 23.1 Å². The standard InChI is InChI=1S/2C8H4F3O3.Ni/c2*9-8(10,11)7(13)4-5(12)6-2-1-3-14-6;/h2*1-4H;/q2*-1;+2. The second-order valence-corrected chi connectivity index (χ2v) is 4.70. The van der Waals surface area contributed by atoms with Crippen LogP contribution in [-0.2, 0) is 26.1 Å². The van der Waals surface area contributed by atoms with Crippen LogP contribution in [0.15, 0.2) is 45.6 Å². The Morgan fingerprint density at radius 1 is 0.690 bits per heavy atom. The molecule has 0 spiro atoms. The Kier molecular flexibility index (Phi) is 9.48. The Hall–Kier alpha value is -2.95. The van der Waals surface area contributed by atoms with E-state index >= 15 is 0 Å². The molecule has 0 radical (unpaired) electrons. The van der Waals surface area contributed by atoms with Crippen LogP contribution in [0.4, 0.5) is 26.3 Å². The predicted octanol–water partition coefficient (Wildman–Crippen LogP) is 3.59. The maximum Gasteiger partial charge on any atom is 2.00 e. The fourth-order valence-corrected chi connectivity index (χ4v) is 1.38. The van der Waals surface area contributed by atoms with Gasteiger partial charge in [-0.05, 0) is 11.6 Å². The Balaban J connectivity index is 0.000000523. The van der Waals surface area contributed by atoms with E-state index in [9.17, 15) is 45.5 Å². The van der Waals surface area contributed by atoms with Gasteiger partial charge in [0.25, 0.3) is 12.5 Å². The number of ketones is 4. The average molecular weight is 469 g/mol. The molecule has 0 bridgehead atoms. The molecule has 0 unspecified atom stereocenters. The van der Waals surface area contributed by atoms with Crippen LogP contribution in [0.2, 0.25) is 0 Å². The summed E-state index contributed by atoms with van der Waals surface area (Å²) in [6.45, 7) is 0. The number of rotatable bonds is 6. The number of hydrogen-bond acceptors (Lipinski definition) is 4. The van der Waals surface area contributed by atoms with E-state index in [2.05, 4.69) is 8.83 Å². The van der Waals surface area contributed by atoms with E-state index in [0.29, 0.717) is 0 Å². The molecule has 0 saturated heterocycles. The van der Waals surface area contributed by atoms with Crippen LogP contribution in [0.3, 0.4) is 0 Å². The molecule has 0 aromatic carbocycles. The summed E-state index contributed by atoms with van der Waals surface area (Å²) in [5.74, 6) is -7.20. The number of halogens is 6. The van der Waals surface area contributed by atoms with Gasteiger partial charge in [-0.1, -0.05) is 0 Å². The molecule has 0 N–H and O–H groups in total. The van der Waals surface area contributed by atoms with Gasteiger partial charge in [-0.25, -0.2) is 0 Å². The topological polar surface area (TPSA) is 90.9 Å². The summed E-state index contributed by atoms with van der Waals surface area (Å²) in [6, 6.07) is 5.00. The minimum Gasteiger partial charge on any atom is -0.388 e. The third kappa shape index (κ3) is 8.73. The Morgan fingerprint density at radius 2 is 1.00 bits per heavy atom. The van der Waals surface area contributed by atoms with Crippen molar-refractivity contribution in [3.05, 3.63) is 61.2 Å². The minimum absolute atomic E-state index is 0. The Labute approximate surface area is 168 Å². The molecule has 0 aliphatic heterocycles. The van der Waals surface area contributed by atoms with Gasteiger partial charge in [0.05, 0.1) is 11.5 Å². The second kappa shape index (κ2) is 10.6. The van der Waals surface area contributed by atoms with E-state index < -0.39 is 35.5 Å². The average Bonchev–Trinajstić information content (AvgIpc) is 3.27. The fraction of sp³-hybridized carbons (Fsp3) is 0.125. The number of hydrogen-bond donors (Lipinski definition) is 0. The Bertz CT molecular complexity index is 751. The summed E-state index contributed by atoms with van der Waals surface area (Å²) in [5, 5.41) is 0. The van der Waals surface area contributed by atoms with E-state index in [1.54, 1.807) is 0 Å². The van der Waals surface area contributed by atoms with Gasteiger partial charge in [0, 0.05) is 12.1 Å². The van der Waals surface area contributed by atoms with E-state index in [4.69, 9.17) is 0 Å². The largest absolute Gasteiger partial charge is 2.00 e. The van der Waals surface area contributed by atoms with Crippen molar-refractivity contribution in [2.75, 3.05) is 0 Å². The molecule has 0 atom stereocenters. The normalized spacial score (nSPS) is 10.7. The number of Topliss-reactive ketones (excluding diaryl/α,β-unsaturated/α-hetero) is 4. The van der Waals surface area contributed by atoms with Crippen molar-refractivity contribution in [3.8, 4) is 0 Å². The number of carbonyl (C=O) groups excluding carboxylic acids is 4. The fourth-order valence-electron chi connectivity index (χ4n) is 1.38. The molecule has 160 valence electrons. The van der Waals surface area contributed by atoms with E-state index in [1.807, 2.05) is 0 Å². The summed E-state index contributed by atoms with van der Waals surface area (Å²) < 4.78 is 79.1. The van der Waals surface area contributed by atoms with Crippen LogP contribution in [0.25, 0.3) is 0 Å². The molecule has 2 heterocycles. The zero-order valence-electron chi connectivity index (χ0n) is 13.7. The van der Waals surface area contributed by atoms with Gasteiger partial charge in [0.2, 0.25) is 0 Å². The molecular weight excluding hydrogens is 461 g/mol. The molecule has 2 rings (SSSR count). The van der Waals surface area contributed by atoms with Crippen LogP contribution in [0, 0.1) is 12.8 Å². The van der Waals surface area contributed by atoms with E-state index in [0.717, 1.165) is 12.5 Å². The predicted molar refractivity (Wildman–Crippen MR) is 76.8 cm³/mol. The van der Waals surface area contributed by atoms with Gasteiger partial charge in [0.1, 0.15) is 11.6 Å². The summed E-state index contributed by atoms with van der Waals surface area (Å²) in [7, 11) is 0. The molecule has 0 fully saturated rings. The summed E-state index contributed by atoms with van der Waals surface area (Å²) in [5.41, 5.74) is 0. The van der Waals surface area contributed by atoms with Gasteiger partial charge in [-0.15, -0.1) is 12.1 Å². The quantitative estimate of drug-likeness (QED) is 0.161. The molecule has 0 aliphatic carbocycles. The summed E-state index contributed by atoms with van der Waals surface area (Å²) in [6.07, 6.45) is -7.89. The third-order valence-electron chi connectivity index (χ3n) is 2.61. The SMILES string of the molecule is O=C([CH-]C(=O)C(F)(F)F)[c-]1ccc[o+]1.O=C([CH-]C(=O)C(F)(F)F)[c-]1ccc[o+]1.[Ni+2]. The number of furan rings is 2. The third-order valence-corrected chi connectivity index (χ3v) is 2.61. The van der Waals surface area contributed by atoms with Crippen LogP contribution < -0.4 is 0 Å². The van der Waals surface area contributed by atoms with Crippen molar-refractivity contribution < 1.29 is 70.8 Å². The second-order valence-electron chi connectivity index (χ2n) is 4.70. The first-order valence-corrected chi connectivity index (χ1v) is 6.90. The smallest absolute Gasteiger partial charge is 0.388 e. The first-order chi connectivity index (χ1) is 12.8. The van der Waals surface area contributed by atoms with Crippen molar-refractivity contribution in [2.24, 2.45) is 0 Å². The molecule has 0 amide bonds. The first-order valence-electron chi connectivity index (χ1n) is 6.90. The molecule has 2 aromatic heterocycles. The molecule has 6 nitrogen and oxygen atoms in total. The van der Waals surface area contributed by atoms with Crippen molar-refractivity contribution in [2.45, 2.75) is 12.4 Å². The molecular formula is C16H8F6NiO6. The van der Waals surface area contributed by atoms with Gasteiger partial charge < -0.3 is 28.0 Å². The molecule has 2 aromatic rings. The van der Waals surface area contributed by atoms with Gasteiger partial charge in [0.15, 0.2) is 0 Å². The summed E-state index contributed by atoms with van der Waals surface area (Å²) >= 11 is 0. The van der Waals surface area contributed by atoms with Crippen LogP contribution in [-0.4, -0.2) is 35.5 Å².